The molecule has 3 N–H and O–H groups in total. The molecule has 2 rings (SSSR count). The van der Waals surface area contributed by atoms with Crippen molar-refractivity contribution in [2.24, 2.45) is 0 Å². The smallest absolute Gasteiger partial charge is 0.161 e. The number of aromatic hydroxyl groups is 1. The minimum absolute atomic E-state index is 0.153. The highest BCUT2D eigenvalue weighted by atomic mass is 16.3. The van der Waals surface area contributed by atoms with Crippen LogP contribution in [0.25, 0.3) is 11.4 Å². The zero-order chi connectivity index (χ0) is 11.5. The minimum Gasteiger partial charge on any atom is -0.508 e. The zero-order valence-electron chi connectivity index (χ0n) is 8.25. The van der Waals surface area contributed by atoms with E-state index < -0.39 is 0 Å². The van der Waals surface area contributed by atoms with Crippen molar-refractivity contribution in [1.29, 1.82) is 5.26 Å². The molecule has 0 fully saturated rings. The number of phenols is 1. The van der Waals surface area contributed by atoms with Crippen LogP contribution in [0.15, 0.2) is 30.5 Å². The molecule has 2 aromatic rings. The Balaban J connectivity index is 2.46. The largest absolute Gasteiger partial charge is 0.508 e. The van der Waals surface area contributed by atoms with Gasteiger partial charge in [-0.2, -0.15) is 5.26 Å². The zero-order valence-corrected chi connectivity index (χ0v) is 8.25. The summed E-state index contributed by atoms with van der Waals surface area (Å²) < 4.78 is 0. The Morgan fingerprint density at radius 1 is 1.25 bits per heavy atom. The second-order valence-corrected chi connectivity index (χ2v) is 3.15. The van der Waals surface area contributed by atoms with Gasteiger partial charge in [-0.25, -0.2) is 9.97 Å². The molecular formula is C11H8N4O. The normalized spacial score (nSPS) is 9.69. The average molecular weight is 212 g/mol. The monoisotopic (exact) mass is 212 g/mol. The third-order valence-electron chi connectivity index (χ3n) is 2.06. The van der Waals surface area contributed by atoms with Gasteiger partial charge in [0.1, 0.15) is 23.2 Å². The summed E-state index contributed by atoms with van der Waals surface area (Å²) in [7, 11) is 0. The quantitative estimate of drug-likeness (QED) is 0.742. The molecule has 5 heteroatoms. The highest BCUT2D eigenvalue weighted by Crippen LogP contribution is 2.19. The van der Waals surface area contributed by atoms with Crippen molar-refractivity contribution >= 4 is 5.82 Å². The number of aromatic nitrogens is 2. The molecule has 0 bridgehead atoms. The van der Waals surface area contributed by atoms with Gasteiger partial charge in [-0.05, 0) is 24.3 Å². The van der Waals surface area contributed by atoms with Crippen molar-refractivity contribution < 1.29 is 5.11 Å². The van der Waals surface area contributed by atoms with E-state index in [1.165, 1.54) is 18.3 Å². The Kier molecular flexibility index (Phi) is 2.40. The number of nitrogen functional groups attached to an aromatic ring is 1. The maximum Gasteiger partial charge on any atom is 0.161 e. The van der Waals surface area contributed by atoms with Crippen LogP contribution in [0.2, 0.25) is 0 Å². The lowest BCUT2D eigenvalue weighted by Gasteiger charge is -2.02. The predicted octanol–water partition coefficient (Wildman–Crippen LogP) is 1.30. The average Bonchev–Trinajstić information content (AvgIpc) is 2.30. The molecule has 0 aliphatic heterocycles. The fourth-order valence-corrected chi connectivity index (χ4v) is 1.23. The van der Waals surface area contributed by atoms with E-state index in [0.717, 1.165) is 5.56 Å². The van der Waals surface area contributed by atoms with Crippen molar-refractivity contribution in [1.82, 2.24) is 9.97 Å². The molecule has 0 amide bonds. The van der Waals surface area contributed by atoms with E-state index in [2.05, 4.69) is 9.97 Å². The van der Waals surface area contributed by atoms with Crippen LogP contribution in [-0.2, 0) is 0 Å². The molecule has 0 saturated heterocycles. The first-order valence-corrected chi connectivity index (χ1v) is 4.52. The van der Waals surface area contributed by atoms with Gasteiger partial charge in [0.2, 0.25) is 0 Å². The van der Waals surface area contributed by atoms with E-state index in [9.17, 15) is 0 Å². The first-order chi connectivity index (χ1) is 7.70. The van der Waals surface area contributed by atoms with Gasteiger partial charge in [0.05, 0.1) is 6.20 Å². The fourth-order valence-electron chi connectivity index (χ4n) is 1.23. The van der Waals surface area contributed by atoms with Crippen LogP contribution < -0.4 is 5.73 Å². The number of hydrogen-bond acceptors (Lipinski definition) is 5. The number of nitriles is 1. The number of rotatable bonds is 1. The van der Waals surface area contributed by atoms with E-state index in [1.54, 1.807) is 12.1 Å². The molecule has 0 spiro atoms. The van der Waals surface area contributed by atoms with Crippen LogP contribution in [0, 0.1) is 11.3 Å². The van der Waals surface area contributed by atoms with E-state index >= 15 is 0 Å². The summed E-state index contributed by atoms with van der Waals surface area (Å²) >= 11 is 0. The summed E-state index contributed by atoms with van der Waals surface area (Å²) in [5.74, 6) is 0.752. The Hall–Kier alpha value is -2.61. The van der Waals surface area contributed by atoms with E-state index in [0.29, 0.717) is 5.82 Å². The number of hydrogen-bond donors (Lipinski definition) is 2. The SMILES string of the molecule is N#Cc1cnc(-c2ccc(O)cc2)nc1N. The second-order valence-electron chi connectivity index (χ2n) is 3.15. The summed E-state index contributed by atoms with van der Waals surface area (Å²) in [6.07, 6.45) is 1.38. The third kappa shape index (κ3) is 1.77. The van der Waals surface area contributed by atoms with Crippen molar-refractivity contribution in [3.05, 3.63) is 36.0 Å². The van der Waals surface area contributed by atoms with Gasteiger partial charge >= 0.3 is 0 Å². The molecule has 78 valence electrons. The summed E-state index contributed by atoms with van der Waals surface area (Å²) in [6.45, 7) is 0. The van der Waals surface area contributed by atoms with Gasteiger partial charge in [0.15, 0.2) is 5.82 Å². The standard InChI is InChI=1S/C11H8N4O/c12-5-8-6-14-11(15-10(8)13)7-1-3-9(16)4-2-7/h1-4,6,16H,(H2,13,14,15). The Bertz CT molecular complexity index is 557. The number of benzene rings is 1. The van der Waals surface area contributed by atoms with Gasteiger partial charge in [0.25, 0.3) is 0 Å². The molecule has 16 heavy (non-hydrogen) atoms. The van der Waals surface area contributed by atoms with Crippen LogP contribution in [0.3, 0.4) is 0 Å². The van der Waals surface area contributed by atoms with Crippen LogP contribution in [0.4, 0.5) is 5.82 Å². The Morgan fingerprint density at radius 3 is 2.50 bits per heavy atom. The minimum atomic E-state index is 0.153. The van der Waals surface area contributed by atoms with Gasteiger partial charge in [-0.3, -0.25) is 0 Å². The van der Waals surface area contributed by atoms with E-state index in [4.69, 9.17) is 16.1 Å². The van der Waals surface area contributed by atoms with E-state index in [1.807, 2.05) is 6.07 Å². The lowest BCUT2D eigenvalue weighted by Crippen LogP contribution is -1.98. The highest BCUT2D eigenvalue weighted by Gasteiger charge is 2.05. The number of nitrogens with zero attached hydrogens (tertiary/aromatic N) is 3. The first-order valence-electron chi connectivity index (χ1n) is 4.52. The lowest BCUT2D eigenvalue weighted by atomic mass is 10.2. The molecule has 0 aliphatic rings. The third-order valence-corrected chi connectivity index (χ3v) is 2.06. The summed E-state index contributed by atoms with van der Waals surface area (Å²) in [5.41, 5.74) is 6.56. The van der Waals surface area contributed by atoms with Crippen molar-refractivity contribution in [3.63, 3.8) is 0 Å². The van der Waals surface area contributed by atoms with Crippen molar-refractivity contribution in [2.75, 3.05) is 5.73 Å². The van der Waals surface area contributed by atoms with Gasteiger partial charge in [0, 0.05) is 5.56 Å². The van der Waals surface area contributed by atoms with Gasteiger partial charge in [-0.15, -0.1) is 0 Å². The molecule has 0 radical (unpaired) electrons. The summed E-state index contributed by atoms with van der Waals surface area (Å²) in [4.78, 5) is 8.02. The molecule has 0 unspecified atom stereocenters. The summed E-state index contributed by atoms with van der Waals surface area (Å²) in [5, 5.41) is 17.8. The topological polar surface area (TPSA) is 95.8 Å². The lowest BCUT2D eigenvalue weighted by molar-refractivity contribution is 0.475. The maximum atomic E-state index is 9.13. The van der Waals surface area contributed by atoms with Gasteiger partial charge < -0.3 is 10.8 Å². The molecule has 0 atom stereocenters. The Morgan fingerprint density at radius 2 is 1.94 bits per heavy atom. The predicted molar refractivity (Wildman–Crippen MR) is 58.3 cm³/mol. The van der Waals surface area contributed by atoms with Crippen molar-refractivity contribution in [3.8, 4) is 23.2 Å². The van der Waals surface area contributed by atoms with E-state index in [-0.39, 0.29) is 17.1 Å². The molecule has 0 saturated carbocycles. The van der Waals surface area contributed by atoms with Crippen LogP contribution >= 0.6 is 0 Å². The molecule has 1 aromatic heterocycles. The molecular weight excluding hydrogens is 204 g/mol. The van der Waals surface area contributed by atoms with Crippen LogP contribution in [-0.4, -0.2) is 15.1 Å². The second kappa shape index (κ2) is 3.87. The maximum absolute atomic E-state index is 9.13. The Labute approximate surface area is 91.8 Å². The van der Waals surface area contributed by atoms with Crippen molar-refractivity contribution in [2.45, 2.75) is 0 Å². The fraction of sp³-hybridized carbons (Fsp3) is 0. The number of nitrogens with two attached hydrogens (primary N) is 1. The highest BCUT2D eigenvalue weighted by molar-refractivity contribution is 5.59. The molecule has 1 heterocycles. The van der Waals surface area contributed by atoms with Crippen LogP contribution in [0.5, 0.6) is 5.75 Å². The molecule has 5 nitrogen and oxygen atoms in total. The number of anilines is 1. The summed E-state index contributed by atoms with van der Waals surface area (Å²) in [6, 6.07) is 8.32. The number of phenolic OH excluding ortho intramolecular Hbond substituents is 1. The first kappa shape index (κ1) is 9.93. The molecule has 1 aromatic carbocycles. The van der Waals surface area contributed by atoms with Crippen LogP contribution in [0.1, 0.15) is 5.56 Å². The van der Waals surface area contributed by atoms with Gasteiger partial charge in [-0.1, -0.05) is 0 Å². The molecule has 0 aliphatic carbocycles.